The Morgan fingerprint density at radius 3 is 2.58 bits per heavy atom. The summed E-state index contributed by atoms with van der Waals surface area (Å²) < 4.78 is 1.68. The summed E-state index contributed by atoms with van der Waals surface area (Å²) in [4.78, 5) is 12.5. The van der Waals surface area contributed by atoms with Gasteiger partial charge in [-0.15, -0.1) is 5.10 Å². The molecule has 0 aliphatic rings. The fourth-order valence-corrected chi connectivity index (χ4v) is 3.26. The molecule has 7 heteroatoms. The monoisotopic (exact) mass is 367 g/mol. The first kappa shape index (κ1) is 18.1. The van der Waals surface area contributed by atoms with Crippen molar-refractivity contribution >= 4 is 23.4 Å². The lowest BCUT2D eigenvalue weighted by Gasteiger charge is -2.13. The van der Waals surface area contributed by atoms with Crippen LogP contribution in [0.4, 0.5) is 5.69 Å². The number of rotatable bonds is 5. The summed E-state index contributed by atoms with van der Waals surface area (Å²) in [6.45, 7) is 7.94. The molecule has 0 spiro atoms. The predicted octanol–water partition coefficient (Wildman–Crippen LogP) is 3.71. The highest BCUT2D eigenvalue weighted by molar-refractivity contribution is 8.00. The first-order valence-corrected chi connectivity index (χ1v) is 9.23. The van der Waals surface area contributed by atoms with Gasteiger partial charge in [-0.1, -0.05) is 41.6 Å². The SMILES string of the molecule is Cc1ccc(NC(=O)[C@H](C)Sc2nnnn2-c2cccc(C)c2C)cc1. The van der Waals surface area contributed by atoms with E-state index in [0.29, 0.717) is 5.16 Å². The van der Waals surface area contributed by atoms with Gasteiger partial charge in [0, 0.05) is 5.69 Å². The van der Waals surface area contributed by atoms with Crippen molar-refractivity contribution in [3.05, 3.63) is 59.2 Å². The fourth-order valence-electron chi connectivity index (χ4n) is 2.46. The van der Waals surface area contributed by atoms with Crippen LogP contribution in [-0.2, 0) is 4.79 Å². The number of carbonyl (C=O) groups excluding carboxylic acids is 1. The van der Waals surface area contributed by atoms with E-state index in [4.69, 9.17) is 0 Å². The lowest BCUT2D eigenvalue weighted by atomic mass is 10.1. The minimum Gasteiger partial charge on any atom is -0.325 e. The van der Waals surface area contributed by atoms with E-state index in [-0.39, 0.29) is 11.2 Å². The third-order valence-corrected chi connectivity index (χ3v) is 5.25. The Kier molecular flexibility index (Phi) is 5.37. The van der Waals surface area contributed by atoms with E-state index in [1.165, 1.54) is 17.3 Å². The maximum atomic E-state index is 12.5. The summed E-state index contributed by atoms with van der Waals surface area (Å²) in [5.74, 6) is -0.0885. The molecule has 26 heavy (non-hydrogen) atoms. The van der Waals surface area contributed by atoms with Gasteiger partial charge in [0.2, 0.25) is 11.1 Å². The quantitative estimate of drug-likeness (QED) is 0.696. The molecule has 1 N–H and O–H groups in total. The van der Waals surface area contributed by atoms with Crippen molar-refractivity contribution in [1.82, 2.24) is 20.2 Å². The molecule has 0 aliphatic carbocycles. The first-order chi connectivity index (χ1) is 12.5. The lowest BCUT2D eigenvalue weighted by molar-refractivity contribution is -0.115. The largest absolute Gasteiger partial charge is 0.325 e. The molecule has 1 atom stereocenters. The first-order valence-electron chi connectivity index (χ1n) is 8.35. The van der Waals surface area contributed by atoms with Gasteiger partial charge in [0.25, 0.3) is 0 Å². The van der Waals surface area contributed by atoms with Gasteiger partial charge in [-0.05, 0) is 67.4 Å². The average molecular weight is 367 g/mol. The van der Waals surface area contributed by atoms with Crippen LogP contribution in [0, 0.1) is 20.8 Å². The summed E-state index contributed by atoms with van der Waals surface area (Å²) in [6.07, 6.45) is 0. The second kappa shape index (κ2) is 7.70. The summed E-state index contributed by atoms with van der Waals surface area (Å²) in [6, 6.07) is 13.7. The third-order valence-electron chi connectivity index (χ3n) is 4.22. The molecule has 0 fully saturated rings. The summed E-state index contributed by atoms with van der Waals surface area (Å²) in [5.41, 5.74) is 5.13. The van der Waals surface area contributed by atoms with Crippen molar-refractivity contribution in [1.29, 1.82) is 0 Å². The zero-order valence-electron chi connectivity index (χ0n) is 15.2. The average Bonchev–Trinajstić information content (AvgIpc) is 3.07. The van der Waals surface area contributed by atoms with Crippen LogP contribution in [0.2, 0.25) is 0 Å². The van der Waals surface area contributed by atoms with Crippen LogP contribution in [0.15, 0.2) is 47.6 Å². The second-order valence-electron chi connectivity index (χ2n) is 6.21. The molecule has 3 aromatic rings. The normalized spacial score (nSPS) is 12.0. The number of hydrogen-bond donors (Lipinski definition) is 1. The minimum absolute atomic E-state index is 0.0885. The van der Waals surface area contributed by atoms with Crippen LogP contribution in [0.1, 0.15) is 23.6 Å². The Morgan fingerprint density at radius 2 is 1.85 bits per heavy atom. The highest BCUT2D eigenvalue weighted by Gasteiger charge is 2.20. The molecule has 134 valence electrons. The molecule has 0 saturated heterocycles. The Morgan fingerprint density at radius 1 is 1.12 bits per heavy atom. The molecule has 1 heterocycles. The maximum absolute atomic E-state index is 12.5. The topological polar surface area (TPSA) is 72.7 Å². The predicted molar refractivity (Wildman–Crippen MR) is 104 cm³/mol. The summed E-state index contributed by atoms with van der Waals surface area (Å²) in [5, 5.41) is 15.1. The van der Waals surface area contributed by atoms with E-state index in [1.54, 1.807) is 4.68 Å². The van der Waals surface area contributed by atoms with Crippen molar-refractivity contribution in [2.75, 3.05) is 5.32 Å². The Bertz CT molecular complexity index is 920. The van der Waals surface area contributed by atoms with Gasteiger partial charge in [0.1, 0.15) is 0 Å². The van der Waals surface area contributed by atoms with Gasteiger partial charge >= 0.3 is 0 Å². The highest BCUT2D eigenvalue weighted by atomic mass is 32.2. The van der Waals surface area contributed by atoms with E-state index >= 15 is 0 Å². The molecular weight excluding hydrogens is 346 g/mol. The Labute approximate surface area is 157 Å². The zero-order chi connectivity index (χ0) is 18.7. The van der Waals surface area contributed by atoms with E-state index in [9.17, 15) is 4.79 Å². The number of tetrazole rings is 1. The van der Waals surface area contributed by atoms with Crippen LogP contribution in [0.5, 0.6) is 0 Å². The number of thioether (sulfide) groups is 1. The van der Waals surface area contributed by atoms with Crippen molar-refractivity contribution < 1.29 is 4.79 Å². The number of aromatic nitrogens is 4. The molecule has 6 nitrogen and oxygen atoms in total. The number of nitrogens with one attached hydrogen (secondary N) is 1. The van der Waals surface area contributed by atoms with Gasteiger partial charge in [-0.2, -0.15) is 4.68 Å². The van der Waals surface area contributed by atoms with E-state index in [2.05, 4.69) is 20.8 Å². The third kappa shape index (κ3) is 3.94. The summed E-state index contributed by atoms with van der Waals surface area (Å²) >= 11 is 1.33. The van der Waals surface area contributed by atoms with Gasteiger partial charge < -0.3 is 5.32 Å². The molecule has 1 amide bonds. The molecular formula is C19H21N5OS. The van der Waals surface area contributed by atoms with Crippen LogP contribution in [0.25, 0.3) is 5.69 Å². The van der Waals surface area contributed by atoms with E-state index in [1.807, 2.05) is 70.2 Å². The van der Waals surface area contributed by atoms with Crippen molar-refractivity contribution in [3.63, 3.8) is 0 Å². The van der Waals surface area contributed by atoms with Crippen LogP contribution in [-0.4, -0.2) is 31.4 Å². The number of hydrogen-bond acceptors (Lipinski definition) is 5. The minimum atomic E-state index is -0.342. The number of amides is 1. The smallest absolute Gasteiger partial charge is 0.237 e. The van der Waals surface area contributed by atoms with Crippen LogP contribution < -0.4 is 5.32 Å². The Hall–Kier alpha value is -2.67. The molecule has 0 bridgehead atoms. The van der Waals surface area contributed by atoms with Gasteiger partial charge in [-0.25, -0.2) is 0 Å². The van der Waals surface area contributed by atoms with E-state index < -0.39 is 0 Å². The highest BCUT2D eigenvalue weighted by Crippen LogP contribution is 2.26. The number of aryl methyl sites for hydroxylation is 2. The molecule has 0 aliphatic heterocycles. The van der Waals surface area contributed by atoms with Crippen LogP contribution in [0.3, 0.4) is 0 Å². The molecule has 0 unspecified atom stereocenters. The zero-order valence-corrected chi connectivity index (χ0v) is 16.0. The Balaban J connectivity index is 1.75. The number of carbonyl (C=O) groups is 1. The van der Waals surface area contributed by atoms with Crippen molar-refractivity contribution in [2.45, 2.75) is 38.1 Å². The van der Waals surface area contributed by atoms with Crippen LogP contribution >= 0.6 is 11.8 Å². The molecule has 0 radical (unpaired) electrons. The standard InChI is InChI=1S/C19H21N5OS/c1-12-8-10-16(11-9-12)20-18(25)15(4)26-19-21-22-23-24(19)17-7-5-6-13(2)14(17)3/h5-11,15H,1-4H3,(H,20,25)/t15-/m0/s1. The number of anilines is 1. The van der Waals surface area contributed by atoms with Gasteiger partial charge in [-0.3, -0.25) is 4.79 Å². The summed E-state index contributed by atoms with van der Waals surface area (Å²) in [7, 11) is 0. The lowest BCUT2D eigenvalue weighted by Crippen LogP contribution is -2.23. The molecule has 1 aromatic heterocycles. The molecule has 3 rings (SSSR count). The molecule has 0 saturated carbocycles. The maximum Gasteiger partial charge on any atom is 0.237 e. The van der Waals surface area contributed by atoms with Gasteiger partial charge in [0.15, 0.2) is 0 Å². The van der Waals surface area contributed by atoms with Crippen molar-refractivity contribution in [3.8, 4) is 5.69 Å². The second-order valence-corrected chi connectivity index (χ2v) is 7.52. The fraction of sp³-hybridized carbons (Fsp3) is 0.263. The van der Waals surface area contributed by atoms with Gasteiger partial charge in [0.05, 0.1) is 10.9 Å². The number of nitrogens with zero attached hydrogens (tertiary/aromatic N) is 4. The van der Waals surface area contributed by atoms with Crippen molar-refractivity contribution in [2.24, 2.45) is 0 Å². The van der Waals surface area contributed by atoms with E-state index in [0.717, 1.165) is 22.5 Å². The number of benzene rings is 2. The molecule has 2 aromatic carbocycles.